The van der Waals surface area contributed by atoms with E-state index in [9.17, 15) is 9.59 Å². The molecule has 7 heteroatoms. The predicted octanol–water partition coefficient (Wildman–Crippen LogP) is 1.98. The van der Waals surface area contributed by atoms with Gasteiger partial charge in [-0.25, -0.2) is 9.97 Å². The zero-order valence-electron chi connectivity index (χ0n) is 13.3. The first-order valence-corrected chi connectivity index (χ1v) is 8.59. The van der Waals surface area contributed by atoms with Gasteiger partial charge in [0.1, 0.15) is 5.69 Å². The highest BCUT2D eigenvalue weighted by atomic mass is 32.1. The number of aromatic amines is 1. The molecule has 0 unspecified atom stereocenters. The van der Waals surface area contributed by atoms with Crippen molar-refractivity contribution < 1.29 is 4.79 Å². The maximum atomic E-state index is 12.0. The summed E-state index contributed by atoms with van der Waals surface area (Å²) in [5.74, 6) is -0.0782. The second kappa shape index (κ2) is 7.35. The number of aryl methyl sites for hydroxylation is 2. The average Bonchev–Trinajstić information content (AvgIpc) is 2.98. The summed E-state index contributed by atoms with van der Waals surface area (Å²) in [7, 11) is 0. The SMILES string of the molecule is Cc1ncc(CCNC(=O)CCc2nc3ccccc3[nH]c2=O)s1. The molecular weight excluding hydrogens is 324 g/mol. The van der Waals surface area contributed by atoms with Gasteiger partial charge in [-0.1, -0.05) is 12.1 Å². The second-order valence-electron chi connectivity index (χ2n) is 5.48. The second-order valence-corrected chi connectivity index (χ2v) is 6.79. The fourth-order valence-electron chi connectivity index (χ4n) is 2.40. The zero-order chi connectivity index (χ0) is 16.9. The van der Waals surface area contributed by atoms with Crippen molar-refractivity contribution in [3.8, 4) is 0 Å². The Bertz CT molecular complexity index is 916. The standard InChI is InChI=1S/C17H18N4O2S/c1-11-19-10-12(24-11)8-9-18-16(22)7-6-15-17(23)21-14-5-3-2-4-13(14)20-15/h2-5,10H,6-9H2,1H3,(H,18,22)(H,21,23). The van der Waals surface area contributed by atoms with Crippen molar-refractivity contribution in [2.45, 2.75) is 26.2 Å². The van der Waals surface area contributed by atoms with Crippen LogP contribution in [0.3, 0.4) is 0 Å². The Hall–Kier alpha value is -2.54. The molecule has 1 amide bonds. The Labute approximate surface area is 143 Å². The minimum atomic E-state index is -0.235. The van der Waals surface area contributed by atoms with Crippen molar-refractivity contribution >= 4 is 28.3 Å². The van der Waals surface area contributed by atoms with Gasteiger partial charge in [-0.05, 0) is 19.1 Å². The van der Waals surface area contributed by atoms with Crippen LogP contribution in [0.4, 0.5) is 0 Å². The van der Waals surface area contributed by atoms with Crippen molar-refractivity contribution in [2.75, 3.05) is 6.54 Å². The summed E-state index contributed by atoms with van der Waals surface area (Å²) in [6.07, 6.45) is 3.18. The maximum Gasteiger partial charge on any atom is 0.270 e. The first-order chi connectivity index (χ1) is 11.6. The molecule has 3 aromatic rings. The molecule has 0 fully saturated rings. The van der Waals surface area contributed by atoms with Gasteiger partial charge in [-0.2, -0.15) is 0 Å². The molecule has 0 aliphatic heterocycles. The van der Waals surface area contributed by atoms with E-state index in [4.69, 9.17) is 0 Å². The third kappa shape index (κ3) is 4.05. The molecule has 0 aliphatic rings. The Morgan fingerprint density at radius 1 is 1.29 bits per heavy atom. The molecule has 0 bridgehead atoms. The fourth-order valence-corrected chi connectivity index (χ4v) is 3.20. The molecule has 0 atom stereocenters. The van der Waals surface area contributed by atoms with E-state index in [0.717, 1.165) is 21.8 Å². The lowest BCUT2D eigenvalue weighted by atomic mass is 10.2. The highest BCUT2D eigenvalue weighted by Gasteiger charge is 2.08. The van der Waals surface area contributed by atoms with Crippen molar-refractivity contribution in [2.24, 2.45) is 0 Å². The van der Waals surface area contributed by atoms with Gasteiger partial charge >= 0.3 is 0 Å². The number of hydrogen-bond acceptors (Lipinski definition) is 5. The summed E-state index contributed by atoms with van der Waals surface area (Å²) in [5.41, 5.74) is 1.59. The zero-order valence-corrected chi connectivity index (χ0v) is 14.2. The summed E-state index contributed by atoms with van der Waals surface area (Å²) < 4.78 is 0. The van der Waals surface area contributed by atoms with Gasteiger partial charge < -0.3 is 10.3 Å². The number of H-pyrrole nitrogens is 1. The Balaban J connectivity index is 1.52. The fraction of sp³-hybridized carbons (Fsp3) is 0.294. The number of fused-ring (bicyclic) bond motifs is 1. The summed E-state index contributed by atoms with van der Waals surface area (Å²) in [5, 5.41) is 3.89. The molecule has 2 N–H and O–H groups in total. The van der Waals surface area contributed by atoms with Crippen LogP contribution < -0.4 is 10.9 Å². The molecular formula is C17H18N4O2S. The van der Waals surface area contributed by atoms with Crippen LogP contribution in [0.2, 0.25) is 0 Å². The van der Waals surface area contributed by atoms with Gasteiger partial charge in [0.2, 0.25) is 5.91 Å². The highest BCUT2D eigenvalue weighted by molar-refractivity contribution is 7.11. The normalized spacial score (nSPS) is 10.9. The van der Waals surface area contributed by atoms with E-state index in [1.54, 1.807) is 17.4 Å². The van der Waals surface area contributed by atoms with E-state index in [2.05, 4.69) is 20.3 Å². The number of para-hydroxylation sites is 2. The largest absolute Gasteiger partial charge is 0.356 e. The number of thiazole rings is 1. The number of hydrogen-bond donors (Lipinski definition) is 2. The molecule has 3 rings (SSSR count). The number of carbonyl (C=O) groups is 1. The Morgan fingerprint density at radius 3 is 2.92 bits per heavy atom. The molecule has 6 nitrogen and oxygen atoms in total. The number of aromatic nitrogens is 3. The topological polar surface area (TPSA) is 87.7 Å². The molecule has 0 saturated heterocycles. The molecule has 1 aromatic carbocycles. The van der Waals surface area contributed by atoms with E-state index >= 15 is 0 Å². The highest BCUT2D eigenvalue weighted by Crippen LogP contribution is 2.11. The number of nitrogens with zero attached hydrogens (tertiary/aromatic N) is 2. The summed E-state index contributed by atoms with van der Waals surface area (Å²) in [4.78, 5) is 36.4. The molecule has 2 heterocycles. The maximum absolute atomic E-state index is 12.0. The lowest BCUT2D eigenvalue weighted by Crippen LogP contribution is -2.27. The first-order valence-electron chi connectivity index (χ1n) is 7.78. The van der Waals surface area contributed by atoms with Crippen LogP contribution >= 0.6 is 11.3 Å². The van der Waals surface area contributed by atoms with Crippen LogP contribution in [0.1, 0.15) is 22.0 Å². The quantitative estimate of drug-likeness (QED) is 0.717. The molecule has 0 aliphatic carbocycles. The molecule has 124 valence electrons. The van der Waals surface area contributed by atoms with E-state index in [1.165, 1.54) is 0 Å². The molecule has 24 heavy (non-hydrogen) atoms. The number of rotatable bonds is 6. The Kier molecular flexibility index (Phi) is 5.00. The third-order valence-corrected chi connectivity index (χ3v) is 4.59. The number of nitrogens with one attached hydrogen (secondary N) is 2. The van der Waals surface area contributed by atoms with E-state index in [-0.39, 0.29) is 17.9 Å². The van der Waals surface area contributed by atoms with Crippen molar-refractivity contribution in [3.63, 3.8) is 0 Å². The molecule has 0 spiro atoms. The minimum Gasteiger partial charge on any atom is -0.356 e. The molecule has 2 aromatic heterocycles. The van der Waals surface area contributed by atoms with E-state index in [1.807, 2.05) is 31.3 Å². The third-order valence-electron chi connectivity index (χ3n) is 3.62. The summed E-state index contributed by atoms with van der Waals surface area (Å²) in [6, 6.07) is 7.36. The lowest BCUT2D eigenvalue weighted by Gasteiger charge is -2.04. The van der Waals surface area contributed by atoms with Crippen molar-refractivity contribution in [1.82, 2.24) is 20.3 Å². The number of amides is 1. The molecule has 0 saturated carbocycles. The average molecular weight is 342 g/mol. The van der Waals surface area contributed by atoms with Crippen LogP contribution in [-0.4, -0.2) is 27.4 Å². The molecule has 0 radical (unpaired) electrons. The Morgan fingerprint density at radius 2 is 2.12 bits per heavy atom. The van der Waals surface area contributed by atoms with E-state index < -0.39 is 0 Å². The number of carbonyl (C=O) groups excluding carboxylic acids is 1. The van der Waals surface area contributed by atoms with Gasteiger partial charge in [-0.3, -0.25) is 9.59 Å². The van der Waals surface area contributed by atoms with Gasteiger partial charge in [-0.15, -0.1) is 11.3 Å². The van der Waals surface area contributed by atoms with Crippen LogP contribution in [0.25, 0.3) is 11.0 Å². The lowest BCUT2D eigenvalue weighted by molar-refractivity contribution is -0.121. The van der Waals surface area contributed by atoms with Gasteiger partial charge in [0.25, 0.3) is 5.56 Å². The van der Waals surface area contributed by atoms with Gasteiger partial charge in [0.05, 0.1) is 16.0 Å². The van der Waals surface area contributed by atoms with Gasteiger partial charge in [0, 0.05) is 36.9 Å². The first kappa shape index (κ1) is 16.3. The van der Waals surface area contributed by atoms with E-state index in [0.29, 0.717) is 24.2 Å². The van der Waals surface area contributed by atoms with Crippen molar-refractivity contribution in [1.29, 1.82) is 0 Å². The number of benzene rings is 1. The smallest absolute Gasteiger partial charge is 0.270 e. The summed E-state index contributed by atoms with van der Waals surface area (Å²) >= 11 is 1.63. The summed E-state index contributed by atoms with van der Waals surface area (Å²) in [6.45, 7) is 2.53. The van der Waals surface area contributed by atoms with Crippen molar-refractivity contribution in [3.05, 3.63) is 56.4 Å². The van der Waals surface area contributed by atoms with Crippen LogP contribution in [-0.2, 0) is 17.6 Å². The van der Waals surface area contributed by atoms with Crippen LogP contribution in [0.15, 0.2) is 35.3 Å². The van der Waals surface area contributed by atoms with Gasteiger partial charge in [0.15, 0.2) is 0 Å². The van der Waals surface area contributed by atoms with Crippen LogP contribution in [0, 0.1) is 6.92 Å². The predicted molar refractivity (Wildman–Crippen MR) is 94.2 cm³/mol. The minimum absolute atomic E-state index is 0.0782. The van der Waals surface area contributed by atoms with Crippen LogP contribution in [0.5, 0.6) is 0 Å². The monoisotopic (exact) mass is 342 g/mol.